The zero-order valence-electron chi connectivity index (χ0n) is 9.25. The molecular formula is C7H16IN7S. The topological polar surface area (TPSA) is 96.7 Å². The minimum atomic E-state index is 0. The minimum Gasteiger partial charge on any atom is -0.370 e. The summed E-state index contributed by atoms with van der Waals surface area (Å²) in [6.45, 7) is 0.771. The van der Waals surface area contributed by atoms with Crippen LogP contribution in [0.4, 0.5) is 0 Å². The van der Waals surface area contributed by atoms with Gasteiger partial charge >= 0.3 is 0 Å². The molecule has 0 spiro atoms. The van der Waals surface area contributed by atoms with Gasteiger partial charge < -0.3 is 10.6 Å². The van der Waals surface area contributed by atoms with Crippen molar-refractivity contribution in [3.8, 4) is 0 Å². The molecule has 1 heterocycles. The molecule has 0 amide bonds. The lowest BCUT2D eigenvalue weighted by molar-refractivity contribution is 0.494. The molecule has 92 valence electrons. The number of aryl methyl sites for hydroxylation is 1. The molecule has 1 aromatic rings. The number of nitrogens with zero attached hydrogens (tertiary/aromatic N) is 5. The van der Waals surface area contributed by atoms with Gasteiger partial charge in [0.15, 0.2) is 5.96 Å². The summed E-state index contributed by atoms with van der Waals surface area (Å²) < 4.78 is 1.64. The van der Waals surface area contributed by atoms with Crippen molar-refractivity contribution in [2.45, 2.75) is 11.6 Å². The van der Waals surface area contributed by atoms with Gasteiger partial charge in [0.2, 0.25) is 5.16 Å². The third kappa shape index (κ3) is 4.96. The Labute approximate surface area is 116 Å². The van der Waals surface area contributed by atoms with Gasteiger partial charge in [-0.15, -0.1) is 29.1 Å². The highest BCUT2D eigenvalue weighted by Gasteiger charge is 2.03. The zero-order valence-corrected chi connectivity index (χ0v) is 12.4. The fourth-order valence-corrected chi connectivity index (χ4v) is 1.70. The van der Waals surface area contributed by atoms with E-state index < -0.39 is 0 Å². The molecule has 1 rings (SSSR count). The van der Waals surface area contributed by atoms with Gasteiger partial charge in [-0.3, -0.25) is 5.41 Å². The van der Waals surface area contributed by atoms with Crippen LogP contribution in [0.15, 0.2) is 5.16 Å². The first-order valence-corrected chi connectivity index (χ1v) is 5.50. The second-order valence-electron chi connectivity index (χ2n) is 3.09. The lowest BCUT2D eigenvalue weighted by Gasteiger charge is -2.15. The van der Waals surface area contributed by atoms with Crippen molar-refractivity contribution < 1.29 is 0 Å². The molecule has 9 heteroatoms. The molecule has 0 aliphatic carbocycles. The van der Waals surface area contributed by atoms with Crippen molar-refractivity contribution in [1.82, 2.24) is 25.1 Å². The number of rotatable bonds is 5. The molecule has 7 nitrogen and oxygen atoms in total. The molecule has 0 aliphatic heterocycles. The summed E-state index contributed by atoms with van der Waals surface area (Å²) in [5.74, 6) is 1.01. The Balaban J connectivity index is 0.00000225. The van der Waals surface area contributed by atoms with Crippen LogP contribution >= 0.6 is 35.7 Å². The van der Waals surface area contributed by atoms with Crippen LogP contribution in [0.2, 0.25) is 0 Å². The number of tetrazole rings is 1. The van der Waals surface area contributed by atoms with E-state index in [1.807, 2.05) is 7.05 Å². The van der Waals surface area contributed by atoms with E-state index in [4.69, 9.17) is 11.1 Å². The average molecular weight is 357 g/mol. The van der Waals surface area contributed by atoms with Gasteiger partial charge in [-0.05, 0) is 16.8 Å². The Morgan fingerprint density at radius 2 is 2.31 bits per heavy atom. The summed E-state index contributed by atoms with van der Waals surface area (Å²) in [5.41, 5.74) is 5.30. The van der Waals surface area contributed by atoms with Crippen LogP contribution in [0.25, 0.3) is 0 Å². The van der Waals surface area contributed by atoms with Gasteiger partial charge in [0.05, 0.1) is 0 Å². The molecule has 16 heavy (non-hydrogen) atoms. The zero-order chi connectivity index (χ0) is 11.3. The van der Waals surface area contributed by atoms with Crippen molar-refractivity contribution in [2.75, 3.05) is 19.3 Å². The number of halogens is 1. The molecule has 3 N–H and O–H groups in total. The summed E-state index contributed by atoms with van der Waals surface area (Å²) in [5, 5.41) is 19.1. The van der Waals surface area contributed by atoms with E-state index in [2.05, 4.69) is 15.5 Å². The first-order valence-electron chi connectivity index (χ1n) is 4.51. The largest absolute Gasteiger partial charge is 0.370 e. The summed E-state index contributed by atoms with van der Waals surface area (Å²) >= 11 is 1.60. The molecule has 0 aliphatic rings. The van der Waals surface area contributed by atoms with Crippen LogP contribution in [-0.2, 0) is 7.05 Å². The Morgan fingerprint density at radius 1 is 1.62 bits per heavy atom. The van der Waals surface area contributed by atoms with Crippen LogP contribution in [0.5, 0.6) is 0 Å². The maximum absolute atomic E-state index is 7.17. The van der Waals surface area contributed by atoms with E-state index in [1.54, 1.807) is 28.4 Å². The molecule has 0 atom stereocenters. The Bertz CT molecular complexity index is 328. The third-order valence-electron chi connectivity index (χ3n) is 1.86. The van der Waals surface area contributed by atoms with Crippen LogP contribution in [0.3, 0.4) is 0 Å². The number of nitrogens with two attached hydrogens (primary N) is 1. The predicted molar refractivity (Wildman–Crippen MR) is 74.1 cm³/mol. The monoisotopic (exact) mass is 357 g/mol. The van der Waals surface area contributed by atoms with Crippen molar-refractivity contribution in [3.05, 3.63) is 0 Å². The van der Waals surface area contributed by atoms with E-state index >= 15 is 0 Å². The van der Waals surface area contributed by atoms with Crippen molar-refractivity contribution in [2.24, 2.45) is 12.8 Å². The maximum Gasteiger partial charge on any atom is 0.209 e. The normalized spacial score (nSPS) is 9.62. The first kappa shape index (κ1) is 15.4. The standard InChI is InChI=1S/C7H15N7S.HI/c1-13(6(8)9)4-3-5-15-7-10-11-12-14(7)2;/h3-5H2,1-2H3,(H3,8,9);1H. The van der Waals surface area contributed by atoms with Crippen LogP contribution in [0, 0.1) is 5.41 Å². The molecule has 1 aromatic heterocycles. The van der Waals surface area contributed by atoms with E-state index in [0.717, 1.165) is 23.9 Å². The lowest BCUT2D eigenvalue weighted by Crippen LogP contribution is -2.33. The van der Waals surface area contributed by atoms with Gasteiger partial charge in [0, 0.05) is 26.4 Å². The Hall–Kier alpha value is -0.580. The van der Waals surface area contributed by atoms with E-state index in [1.165, 1.54) is 0 Å². The van der Waals surface area contributed by atoms with Crippen molar-refractivity contribution in [3.63, 3.8) is 0 Å². The highest BCUT2D eigenvalue weighted by atomic mass is 127. The number of aromatic nitrogens is 4. The number of hydrogen-bond acceptors (Lipinski definition) is 5. The second-order valence-corrected chi connectivity index (χ2v) is 4.16. The summed E-state index contributed by atoms with van der Waals surface area (Å²) in [6.07, 6.45) is 0.938. The van der Waals surface area contributed by atoms with Gasteiger partial charge in [0.25, 0.3) is 0 Å². The fraction of sp³-hybridized carbons (Fsp3) is 0.714. The predicted octanol–water partition coefficient (Wildman–Crippen LogP) is 0.136. The molecule has 0 saturated carbocycles. The molecule has 0 unspecified atom stereocenters. The molecule has 0 aromatic carbocycles. The molecule has 0 fully saturated rings. The van der Waals surface area contributed by atoms with E-state index in [0.29, 0.717) is 0 Å². The fourth-order valence-electron chi connectivity index (χ4n) is 0.929. The van der Waals surface area contributed by atoms with Gasteiger partial charge in [-0.25, -0.2) is 4.68 Å². The van der Waals surface area contributed by atoms with Gasteiger partial charge in [-0.2, -0.15) is 0 Å². The summed E-state index contributed by atoms with van der Waals surface area (Å²) in [7, 11) is 3.61. The molecule has 0 bridgehead atoms. The van der Waals surface area contributed by atoms with Crippen LogP contribution in [-0.4, -0.2) is 50.4 Å². The minimum absolute atomic E-state index is 0. The highest BCUT2D eigenvalue weighted by Crippen LogP contribution is 2.13. The number of guanidine groups is 1. The summed E-state index contributed by atoms with van der Waals surface area (Å²) in [6, 6.07) is 0. The Kier molecular flexibility index (Phi) is 7.38. The number of hydrogen-bond donors (Lipinski definition) is 2. The molecular weight excluding hydrogens is 341 g/mol. The average Bonchev–Trinajstić information content (AvgIpc) is 2.58. The molecule has 0 saturated heterocycles. The van der Waals surface area contributed by atoms with E-state index in [9.17, 15) is 0 Å². The quantitative estimate of drug-likeness (QED) is 0.256. The highest BCUT2D eigenvalue weighted by molar-refractivity contribution is 14.0. The number of thioether (sulfide) groups is 1. The van der Waals surface area contributed by atoms with E-state index in [-0.39, 0.29) is 29.9 Å². The van der Waals surface area contributed by atoms with Crippen LogP contribution < -0.4 is 5.73 Å². The smallest absolute Gasteiger partial charge is 0.209 e. The van der Waals surface area contributed by atoms with Crippen LogP contribution in [0.1, 0.15) is 6.42 Å². The SMILES string of the molecule is CN(CCCSc1nnnn1C)C(=N)N.I. The van der Waals surface area contributed by atoms with Crippen molar-refractivity contribution in [1.29, 1.82) is 5.41 Å². The van der Waals surface area contributed by atoms with Gasteiger partial charge in [0.1, 0.15) is 0 Å². The summed E-state index contributed by atoms with van der Waals surface area (Å²) in [4.78, 5) is 1.70. The third-order valence-corrected chi connectivity index (χ3v) is 2.96. The second kappa shape index (κ2) is 7.65. The van der Waals surface area contributed by atoms with Gasteiger partial charge in [-0.1, -0.05) is 11.8 Å². The maximum atomic E-state index is 7.17. The first-order chi connectivity index (χ1) is 7.11. The lowest BCUT2D eigenvalue weighted by atomic mass is 10.4. The number of nitrogens with one attached hydrogen (secondary N) is 1. The molecule has 0 radical (unpaired) electrons. The van der Waals surface area contributed by atoms with Crippen molar-refractivity contribution >= 4 is 41.7 Å². The Morgan fingerprint density at radius 3 is 2.81 bits per heavy atom.